The van der Waals surface area contributed by atoms with Crippen molar-refractivity contribution >= 4 is 11.6 Å². The van der Waals surface area contributed by atoms with Gasteiger partial charge in [0.1, 0.15) is 0 Å². The van der Waals surface area contributed by atoms with Gasteiger partial charge >= 0.3 is 0 Å². The number of rotatable bonds is 4. The second-order valence-electron chi connectivity index (χ2n) is 6.64. The number of benzene rings is 1. The molecule has 0 heterocycles. The maximum Gasteiger partial charge on any atom is 0.0863 e. The summed E-state index contributed by atoms with van der Waals surface area (Å²) in [4.78, 5) is 0. The molecule has 1 aromatic carbocycles. The number of nitriles is 1. The lowest BCUT2D eigenvalue weighted by Crippen LogP contribution is -2.49. The molecule has 2 rings (SSSR count). The van der Waals surface area contributed by atoms with Crippen molar-refractivity contribution in [1.29, 1.82) is 5.26 Å². The molecule has 1 aromatic rings. The van der Waals surface area contributed by atoms with Gasteiger partial charge in [0, 0.05) is 11.4 Å². The second-order valence-corrected chi connectivity index (χ2v) is 7.08. The lowest BCUT2D eigenvalue weighted by molar-refractivity contribution is -0.0673. The molecule has 3 atom stereocenters. The number of aliphatic hydroxyl groups is 1. The van der Waals surface area contributed by atoms with E-state index in [4.69, 9.17) is 11.6 Å². The van der Waals surface area contributed by atoms with Crippen LogP contribution in [0.2, 0.25) is 5.02 Å². The summed E-state index contributed by atoms with van der Waals surface area (Å²) >= 11 is 5.91. The Hall–Kier alpha value is -1.04. The van der Waals surface area contributed by atoms with E-state index in [1.807, 2.05) is 31.2 Å². The third kappa shape index (κ3) is 3.42. The minimum Gasteiger partial charge on any atom is -0.388 e. The first-order chi connectivity index (χ1) is 9.92. The zero-order valence-electron chi connectivity index (χ0n) is 12.9. The fourth-order valence-corrected chi connectivity index (χ4v) is 3.74. The molecule has 3 heteroatoms. The normalized spacial score (nSPS) is 28.6. The Labute approximate surface area is 132 Å². The topological polar surface area (TPSA) is 44.0 Å². The smallest absolute Gasteiger partial charge is 0.0863 e. The first kappa shape index (κ1) is 16.3. The molecule has 3 unspecified atom stereocenters. The summed E-state index contributed by atoms with van der Waals surface area (Å²) in [5, 5.41) is 21.5. The van der Waals surface area contributed by atoms with Crippen molar-refractivity contribution in [2.24, 2.45) is 11.3 Å². The third-order valence-corrected chi connectivity index (χ3v) is 5.39. The molecule has 0 radical (unpaired) electrons. The van der Waals surface area contributed by atoms with E-state index in [0.717, 1.165) is 31.2 Å². The molecule has 1 fully saturated rings. The minimum absolute atomic E-state index is 0.494. The van der Waals surface area contributed by atoms with Crippen molar-refractivity contribution in [3.05, 3.63) is 34.9 Å². The molecule has 0 aliphatic heterocycles. The van der Waals surface area contributed by atoms with E-state index in [-0.39, 0.29) is 0 Å². The van der Waals surface area contributed by atoms with E-state index in [0.29, 0.717) is 17.4 Å². The molecule has 0 spiro atoms. The maximum absolute atomic E-state index is 11.1. The Morgan fingerprint density at radius 1 is 1.43 bits per heavy atom. The summed E-state index contributed by atoms with van der Waals surface area (Å²) in [5.74, 6) is 0.551. The van der Waals surface area contributed by atoms with Gasteiger partial charge in [-0.2, -0.15) is 5.26 Å². The first-order valence-corrected chi connectivity index (χ1v) is 8.18. The molecule has 0 amide bonds. The van der Waals surface area contributed by atoms with E-state index in [1.165, 1.54) is 6.42 Å². The average molecular weight is 306 g/mol. The fraction of sp³-hybridized carbons (Fsp3) is 0.611. The van der Waals surface area contributed by atoms with Gasteiger partial charge in [-0.05, 0) is 43.4 Å². The van der Waals surface area contributed by atoms with Crippen molar-refractivity contribution in [2.75, 3.05) is 0 Å². The third-order valence-electron chi connectivity index (χ3n) is 5.14. The molecular formula is C18H24ClNO. The quantitative estimate of drug-likeness (QED) is 0.873. The van der Waals surface area contributed by atoms with Crippen molar-refractivity contribution in [3.63, 3.8) is 0 Å². The number of hydrogen-bond donors (Lipinski definition) is 1. The molecule has 1 aliphatic rings. The van der Waals surface area contributed by atoms with Gasteiger partial charge in [0.2, 0.25) is 0 Å². The van der Waals surface area contributed by atoms with Crippen molar-refractivity contribution in [2.45, 2.75) is 58.0 Å². The van der Waals surface area contributed by atoms with Gasteiger partial charge in [-0.15, -0.1) is 0 Å². The average Bonchev–Trinajstić information content (AvgIpc) is 2.49. The lowest BCUT2D eigenvalue weighted by atomic mass is 9.60. The Morgan fingerprint density at radius 2 is 2.10 bits per heavy atom. The highest BCUT2D eigenvalue weighted by molar-refractivity contribution is 6.30. The van der Waals surface area contributed by atoms with Gasteiger partial charge in [-0.25, -0.2) is 0 Å². The van der Waals surface area contributed by atoms with Crippen LogP contribution in [0.5, 0.6) is 0 Å². The molecule has 0 bridgehead atoms. The Kier molecular flexibility index (Phi) is 4.96. The first-order valence-electron chi connectivity index (χ1n) is 7.80. The van der Waals surface area contributed by atoms with E-state index < -0.39 is 11.0 Å². The number of nitrogens with zero attached hydrogens (tertiary/aromatic N) is 1. The summed E-state index contributed by atoms with van der Waals surface area (Å²) in [5.41, 5.74) is -0.618. The lowest BCUT2D eigenvalue weighted by Gasteiger charge is -2.45. The van der Waals surface area contributed by atoms with Gasteiger partial charge < -0.3 is 5.11 Å². The van der Waals surface area contributed by atoms with Crippen LogP contribution in [0.15, 0.2) is 24.3 Å². The van der Waals surface area contributed by atoms with Crippen LogP contribution in [-0.2, 0) is 6.42 Å². The SMILES string of the molecule is CCC1CCCC(C#N)(C(C)(O)Cc2ccc(Cl)cc2)C1. The summed E-state index contributed by atoms with van der Waals surface area (Å²) in [6.45, 7) is 3.99. The Morgan fingerprint density at radius 3 is 2.67 bits per heavy atom. The van der Waals surface area contributed by atoms with Crippen LogP contribution in [0.1, 0.15) is 51.5 Å². The van der Waals surface area contributed by atoms with Crippen LogP contribution >= 0.6 is 11.6 Å². The maximum atomic E-state index is 11.1. The monoisotopic (exact) mass is 305 g/mol. The summed E-state index contributed by atoms with van der Waals surface area (Å²) in [6.07, 6.45) is 5.38. The standard InChI is InChI=1S/C18H24ClNO/c1-3-14-5-4-10-18(12-14,13-20)17(2,21)11-15-6-8-16(19)9-7-15/h6-9,14,21H,3-5,10-12H2,1-2H3. The van der Waals surface area contributed by atoms with E-state index in [1.54, 1.807) is 0 Å². The van der Waals surface area contributed by atoms with Gasteiger partial charge in [-0.3, -0.25) is 0 Å². The highest BCUT2D eigenvalue weighted by atomic mass is 35.5. The second kappa shape index (κ2) is 6.38. The number of hydrogen-bond acceptors (Lipinski definition) is 2. The molecule has 114 valence electrons. The fourth-order valence-electron chi connectivity index (χ4n) is 3.62. The zero-order valence-corrected chi connectivity index (χ0v) is 13.7. The Bertz CT molecular complexity index is 517. The molecule has 0 aromatic heterocycles. The summed E-state index contributed by atoms with van der Waals surface area (Å²) < 4.78 is 0. The Balaban J connectivity index is 2.22. The van der Waals surface area contributed by atoms with Crippen molar-refractivity contribution in [1.82, 2.24) is 0 Å². The van der Waals surface area contributed by atoms with Crippen LogP contribution in [-0.4, -0.2) is 10.7 Å². The van der Waals surface area contributed by atoms with E-state index in [2.05, 4.69) is 13.0 Å². The van der Waals surface area contributed by atoms with Gasteiger partial charge in [0.05, 0.1) is 17.1 Å². The molecule has 1 N–H and O–H groups in total. The highest BCUT2D eigenvalue weighted by Gasteiger charge is 2.49. The van der Waals surface area contributed by atoms with Crippen LogP contribution in [0.3, 0.4) is 0 Å². The molecule has 0 saturated heterocycles. The van der Waals surface area contributed by atoms with Crippen LogP contribution < -0.4 is 0 Å². The van der Waals surface area contributed by atoms with Crippen molar-refractivity contribution < 1.29 is 5.11 Å². The van der Waals surface area contributed by atoms with Crippen LogP contribution in [0.25, 0.3) is 0 Å². The van der Waals surface area contributed by atoms with Crippen LogP contribution in [0, 0.1) is 22.7 Å². The van der Waals surface area contributed by atoms with E-state index in [9.17, 15) is 10.4 Å². The molecule has 21 heavy (non-hydrogen) atoms. The molecule has 1 aliphatic carbocycles. The summed E-state index contributed by atoms with van der Waals surface area (Å²) in [6, 6.07) is 10.0. The van der Waals surface area contributed by atoms with E-state index >= 15 is 0 Å². The van der Waals surface area contributed by atoms with Crippen LogP contribution in [0.4, 0.5) is 0 Å². The van der Waals surface area contributed by atoms with Gasteiger partial charge in [0.25, 0.3) is 0 Å². The largest absolute Gasteiger partial charge is 0.388 e. The predicted octanol–water partition coefficient (Wildman–Crippen LogP) is 4.74. The molecule has 2 nitrogen and oxygen atoms in total. The minimum atomic E-state index is -1.01. The molecule has 1 saturated carbocycles. The van der Waals surface area contributed by atoms with Gasteiger partial charge in [-0.1, -0.05) is 49.9 Å². The van der Waals surface area contributed by atoms with Gasteiger partial charge in [0.15, 0.2) is 0 Å². The molecular weight excluding hydrogens is 282 g/mol. The van der Waals surface area contributed by atoms with Crippen molar-refractivity contribution in [3.8, 4) is 6.07 Å². The zero-order chi connectivity index (χ0) is 15.5. The highest BCUT2D eigenvalue weighted by Crippen LogP contribution is 2.48. The number of halogens is 1. The summed E-state index contributed by atoms with van der Waals surface area (Å²) in [7, 11) is 0. The predicted molar refractivity (Wildman–Crippen MR) is 86.1 cm³/mol.